The quantitative estimate of drug-likeness (QED) is 0.781. The lowest BCUT2D eigenvalue weighted by molar-refractivity contribution is 0.0946. The Balaban J connectivity index is 1.69. The third-order valence-electron chi connectivity index (χ3n) is 3.50. The highest BCUT2D eigenvalue weighted by molar-refractivity contribution is 5.94. The Hall–Kier alpha value is -3.15. The summed E-state index contributed by atoms with van der Waals surface area (Å²) in [4.78, 5) is 16.4. The third-order valence-corrected chi connectivity index (χ3v) is 3.50. The van der Waals surface area contributed by atoms with Gasteiger partial charge in [0, 0.05) is 5.56 Å². The van der Waals surface area contributed by atoms with Gasteiger partial charge in [-0.3, -0.25) is 4.79 Å². The van der Waals surface area contributed by atoms with E-state index in [0.717, 1.165) is 11.1 Å². The van der Waals surface area contributed by atoms with Gasteiger partial charge in [-0.2, -0.15) is 4.98 Å². The predicted molar refractivity (Wildman–Crippen MR) is 88.6 cm³/mol. The predicted octanol–water partition coefficient (Wildman–Crippen LogP) is 2.98. The summed E-state index contributed by atoms with van der Waals surface area (Å²) in [7, 11) is 1.59. The number of aryl methyl sites for hydroxylation is 1. The smallest absolute Gasteiger partial charge is 0.251 e. The fraction of sp³-hybridized carbons (Fsp3) is 0.167. The van der Waals surface area contributed by atoms with Crippen LogP contribution in [0.5, 0.6) is 5.75 Å². The van der Waals surface area contributed by atoms with Gasteiger partial charge in [0.1, 0.15) is 5.75 Å². The van der Waals surface area contributed by atoms with Crippen molar-refractivity contribution in [2.75, 3.05) is 7.11 Å². The standard InChI is InChI=1S/C18H17N3O3/c1-12-6-5-7-13(10-12)18(22)19-11-16-20-17(21-24-16)14-8-3-4-9-15(14)23-2/h3-10H,11H2,1-2H3,(H,19,22). The number of nitrogens with zero attached hydrogens (tertiary/aromatic N) is 2. The molecule has 0 aliphatic rings. The lowest BCUT2D eigenvalue weighted by Crippen LogP contribution is -2.22. The maximum Gasteiger partial charge on any atom is 0.251 e. The maximum atomic E-state index is 12.1. The minimum atomic E-state index is -0.184. The molecule has 2 aromatic carbocycles. The van der Waals surface area contributed by atoms with Crippen molar-refractivity contribution in [2.45, 2.75) is 13.5 Å². The molecule has 0 spiro atoms. The number of nitrogens with one attached hydrogen (secondary N) is 1. The van der Waals surface area contributed by atoms with Crippen LogP contribution < -0.4 is 10.1 Å². The summed E-state index contributed by atoms with van der Waals surface area (Å²) in [5.74, 6) is 1.23. The maximum absolute atomic E-state index is 12.1. The molecule has 1 N–H and O–H groups in total. The second-order valence-electron chi connectivity index (χ2n) is 5.26. The van der Waals surface area contributed by atoms with Crippen molar-refractivity contribution in [1.29, 1.82) is 0 Å². The Morgan fingerprint density at radius 2 is 2.04 bits per heavy atom. The summed E-state index contributed by atoms with van der Waals surface area (Å²) in [6.07, 6.45) is 0. The first-order valence-corrected chi connectivity index (χ1v) is 7.48. The molecule has 6 heteroatoms. The minimum absolute atomic E-state index is 0.162. The number of methoxy groups -OCH3 is 1. The average Bonchev–Trinajstić information content (AvgIpc) is 3.08. The molecule has 1 amide bonds. The second kappa shape index (κ2) is 6.95. The number of amides is 1. The fourth-order valence-electron chi connectivity index (χ4n) is 2.31. The Morgan fingerprint density at radius 3 is 2.83 bits per heavy atom. The number of carbonyl (C=O) groups is 1. The van der Waals surface area contributed by atoms with Crippen LogP contribution in [0.15, 0.2) is 53.1 Å². The molecule has 24 heavy (non-hydrogen) atoms. The number of rotatable bonds is 5. The molecule has 0 unspecified atom stereocenters. The van der Waals surface area contributed by atoms with Crippen LogP contribution in [0.1, 0.15) is 21.8 Å². The van der Waals surface area contributed by atoms with Crippen molar-refractivity contribution in [1.82, 2.24) is 15.5 Å². The molecule has 3 aromatic rings. The summed E-state index contributed by atoms with van der Waals surface area (Å²) in [5, 5.41) is 6.71. The van der Waals surface area contributed by atoms with E-state index >= 15 is 0 Å². The topological polar surface area (TPSA) is 77.3 Å². The van der Waals surface area contributed by atoms with Gasteiger partial charge < -0.3 is 14.6 Å². The Labute approximate surface area is 139 Å². The van der Waals surface area contributed by atoms with E-state index in [4.69, 9.17) is 9.26 Å². The highest BCUT2D eigenvalue weighted by atomic mass is 16.5. The summed E-state index contributed by atoms with van der Waals surface area (Å²) >= 11 is 0. The van der Waals surface area contributed by atoms with E-state index in [9.17, 15) is 4.79 Å². The van der Waals surface area contributed by atoms with E-state index in [2.05, 4.69) is 15.5 Å². The number of ether oxygens (including phenoxy) is 1. The van der Waals surface area contributed by atoms with Crippen LogP contribution in [0.3, 0.4) is 0 Å². The molecule has 1 heterocycles. The number of hydrogen-bond acceptors (Lipinski definition) is 5. The number of aromatic nitrogens is 2. The molecule has 0 bridgehead atoms. The molecule has 122 valence electrons. The Morgan fingerprint density at radius 1 is 1.21 bits per heavy atom. The van der Waals surface area contributed by atoms with E-state index in [0.29, 0.717) is 23.0 Å². The highest BCUT2D eigenvalue weighted by Crippen LogP contribution is 2.26. The summed E-state index contributed by atoms with van der Waals surface area (Å²) in [5.41, 5.74) is 2.36. The first kappa shape index (κ1) is 15.7. The zero-order chi connectivity index (χ0) is 16.9. The van der Waals surface area contributed by atoms with Crippen LogP contribution in [0.25, 0.3) is 11.4 Å². The molecule has 3 rings (SSSR count). The third kappa shape index (κ3) is 3.43. The molecule has 0 fully saturated rings. The van der Waals surface area contributed by atoms with Gasteiger partial charge in [-0.15, -0.1) is 0 Å². The van der Waals surface area contributed by atoms with Gasteiger partial charge in [-0.25, -0.2) is 0 Å². The lowest BCUT2D eigenvalue weighted by Gasteiger charge is -2.03. The Bertz CT molecular complexity index is 858. The zero-order valence-electron chi connectivity index (χ0n) is 13.4. The van der Waals surface area contributed by atoms with Gasteiger partial charge in [-0.1, -0.05) is 35.0 Å². The lowest BCUT2D eigenvalue weighted by atomic mass is 10.1. The van der Waals surface area contributed by atoms with Crippen LogP contribution >= 0.6 is 0 Å². The number of para-hydroxylation sites is 1. The van der Waals surface area contributed by atoms with E-state index in [1.165, 1.54) is 0 Å². The molecular weight excluding hydrogens is 306 g/mol. The van der Waals surface area contributed by atoms with Crippen molar-refractivity contribution in [2.24, 2.45) is 0 Å². The highest BCUT2D eigenvalue weighted by Gasteiger charge is 2.13. The number of carbonyl (C=O) groups excluding carboxylic acids is 1. The summed E-state index contributed by atoms with van der Waals surface area (Å²) in [6.45, 7) is 2.10. The normalized spacial score (nSPS) is 10.4. The SMILES string of the molecule is COc1ccccc1-c1noc(CNC(=O)c2cccc(C)c2)n1. The summed E-state index contributed by atoms with van der Waals surface area (Å²) < 4.78 is 10.5. The molecule has 1 aromatic heterocycles. The number of benzene rings is 2. The van der Waals surface area contributed by atoms with E-state index in [-0.39, 0.29) is 12.5 Å². The van der Waals surface area contributed by atoms with Crippen LogP contribution in [-0.4, -0.2) is 23.2 Å². The molecule has 0 aliphatic carbocycles. The Kier molecular flexibility index (Phi) is 4.56. The molecule has 0 saturated carbocycles. The first-order chi connectivity index (χ1) is 11.7. The van der Waals surface area contributed by atoms with Gasteiger partial charge >= 0.3 is 0 Å². The van der Waals surface area contributed by atoms with Crippen LogP contribution in [-0.2, 0) is 6.54 Å². The monoisotopic (exact) mass is 323 g/mol. The van der Waals surface area contributed by atoms with Crippen molar-refractivity contribution in [3.63, 3.8) is 0 Å². The molecule has 0 saturated heterocycles. The van der Waals surface area contributed by atoms with E-state index in [1.807, 2.05) is 49.4 Å². The largest absolute Gasteiger partial charge is 0.496 e. The van der Waals surface area contributed by atoms with Crippen molar-refractivity contribution >= 4 is 5.91 Å². The van der Waals surface area contributed by atoms with Gasteiger partial charge in [-0.05, 0) is 31.2 Å². The summed E-state index contributed by atoms with van der Waals surface area (Å²) in [6, 6.07) is 14.8. The molecule has 0 aliphatic heterocycles. The van der Waals surface area contributed by atoms with Crippen molar-refractivity contribution < 1.29 is 14.1 Å². The average molecular weight is 323 g/mol. The van der Waals surface area contributed by atoms with Gasteiger partial charge in [0.15, 0.2) is 0 Å². The second-order valence-corrected chi connectivity index (χ2v) is 5.26. The van der Waals surface area contributed by atoms with Gasteiger partial charge in [0.2, 0.25) is 11.7 Å². The number of hydrogen-bond donors (Lipinski definition) is 1. The zero-order valence-corrected chi connectivity index (χ0v) is 13.4. The first-order valence-electron chi connectivity index (χ1n) is 7.48. The minimum Gasteiger partial charge on any atom is -0.496 e. The molecular formula is C18H17N3O3. The molecule has 6 nitrogen and oxygen atoms in total. The van der Waals surface area contributed by atoms with Crippen LogP contribution in [0, 0.1) is 6.92 Å². The van der Waals surface area contributed by atoms with Crippen molar-refractivity contribution in [3.05, 3.63) is 65.5 Å². The molecule has 0 atom stereocenters. The molecule has 0 radical (unpaired) electrons. The van der Waals surface area contributed by atoms with Crippen molar-refractivity contribution in [3.8, 4) is 17.1 Å². The van der Waals surface area contributed by atoms with Crippen LogP contribution in [0.2, 0.25) is 0 Å². The van der Waals surface area contributed by atoms with E-state index < -0.39 is 0 Å². The van der Waals surface area contributed by atoms with E-state index in [1.54, 1.807) is 13.2 Å². The fourth-order valence-corrected chi connectivity index (χ4v) is 2.31. The van der Waals surface area contributed by atoms with Gasteiger partial charge in [0.05, 0.1) is 19.2 Å². The van der Waals surface area contributed by atoms with Gasteiger partial charge in [0.25, 0.3) is 5.91 Å². The van der Waals surface area contributed by atoms with Crippen LogP contribution in [0.4, 0.5) is 0 Å².